The fourth-order valence-corrected chi connectivity index (χ4v) is 1.67. The average Bonchev–Trinajstić information content (AvgIpc) is 2.35. The number of anilines is 1. The summed E-state index contributed by atoms with van der Waals surface area (Å²) < 4.78 is 0. The predicted molar refractivity (Wildman–Crippen MR) is 77.7 cm³/mol. The van der Waals surface area contributed by atoms with Crippen LogP contribution in [0, 0.1) is 17.0 Å². The van der Waals surface area contributed by atoms with E-state index in [0.717, 1.165) is 5.56 Å². The molecule has 0 saturated heterocycles. The lowest BCUT2D eigenvalue weighted by Gasteiger charge is -2.10. The predicted octanol–water partition coefficient (Wildman–Crippen LogP) is 1.76. The second-order valence-electron chi connectivity index (χ2n) is 4.06. The number of rotatable bonds is 6. The molecule has 0 aliphatic carbocycles. The van der Waals surface area contributed by atoms with Crippen molar-refractivity contribution in [1.29, 1.82) is 0 Å². The molecule has 6 nitrogen and oxygen atoms in total. The molecule has 5 N–H and O–H groups in total. The van der Waals surface area contributed by atoms with Crippen LogP contribution < -0.4 is 16.8 Å². The number of nitro groups is 1. The van der Waals surface area contributed by atoms with Gasteiger partial charge in [0.25, 0.3) is 5.69 Å². The van der Waals surface area contributed by atoms with Gasteiger partial charge in [0, 0.05) is 30.4 Å². The second-order valence-corrected chi connectivity index (χ2v) is 4.06. The van der Waals surface area contributed by atoms with E-state index in [-0.39, 0.29) is 5.69 Å². The number of hydrogen-bond donors (Lipinski definition) is 3. The highest BCUT2D eigenvalue weighted by Crippen LogP contribution is 2.30. The van der Waals surface area contributed by atoms with E-state index >= 15 is 0 Å². The third-order valence-electron chi connectivity index (χ3n) is 2.58. The smallest absolute Gasteiger partial charge is 0.293 e. The Kier molecular flexibility index (Phi) is 5.08. The summed E-state index contributed by atoms with van der Waals surface area (Å²) in [7, 11) is 0. The Bertz CT molecular complexity index is 524. The van der Waals surface area contributed by atoms with Crippen molar-refractivity contribution >= 4 is 17.1 Å². The van der Waals surface area contributed by atoms with Gasteiger partial charge in [0.05, 0.1) is 4.92 Å². The molecule has 0 heterocycles. The number of nitrogens with one attached hydrogen (secondary N) is 1. The molecule has 0 bridgehead atoms. The SMILES string of the molecule is C=C(N)c1cc(C)c(NC/C=C/CN)c([N+](=O)[O-])c1. The molecule has 0 atom stereocenters. The molecule has 102 valence electrons. The Balaban J connectivity index is 3.11. The van der Waals surface area contributed by atoms with Crippen molar-refractivity contribution in [2.24, 2.45) is 11.5 Å². The van der Waals surface area contributed by atoms with Crippen LogP contribution >= 0.6 is 0 Å². The fraction of sp³-hybridized carbons (Fsp3) is 0.231. The van der Waals surface area contributed by atoms with Crippen LogP contribution in [0.5, 0.6) is 0 Å². The Morgan fingerprint density at radius 1 is 1.53 bits per heavy atom. The number of nitrogens with two attached hydrogens (primary N) is 2. The lowest BCUT2D eigenvalue weighted by atomic mass is 10.1. The molecule has 1 aromatic rings. The number of aryl methyl sites for hydroxylation is 1. The first kappa shape index (κ1) is 14.7. The highest BCUT2D eigenvalue weighted by atomic mass is 16.6. The van der Waals surface area contributed by atoms with Crippen LogP contribution in [0.2, 0.25) is 0 Å². The first-order chi connectivity index (χ1) is 8.97. The second kappa shape index (κ2) is 6.55. The molecule has 0 aromatic heterocycles. The highest BCUT2D eigenvalue weighted by Gasteiger charge is 2.17. The van der Waals surface area contributed by atoms with E-state index in [1.165, 1.54) is 6.07 Å². The Labute approximate surface area is 111 Å². The summed E-state index contributed by atoms with van der Waals surface area (Å²) in [4.78, 5) is 10.7. The maximum absolute atomic E-state index is 11.1. The third kappa shape index (κ3) is 3.82. The average molecular weight is 262 g/mol. The number of nitro benzene ring substituents is 1. The van der Waals surface area contributed by atoms with Gasteiger partial charge in [-0.2, -0.15) is 0 Å². The lowest BCUT2D eigenvalue weighted by Crippen LogP contribution is -2.06. The van der Waals surface area contributed by atoms with Gasteiger partial charge < -0.3 is 16.8 Å². The van der Waals surface area contributed by atoms with Crippen molar-refractivity contribution < 1.29 is 4.92 Å². The van der Waals surface area contributed by atoms with E-state index in [1.807, 2.05) is 6.08 Å². The number of nitrogens with zero attached hydrogens (tertiary/aromatic N) is 1. The molecule has 1 rings (SSSR count). The van der Waals surface area contributed by atoms with Crippen LogP contribution in [0.15, 0.2) is 30.9 Å². The molecule has 0 fully saturated rings. The standard InChI is InChI=1S/C13H18N4O2/c1-9-7-11(10(2)15)8-12(17(18)19)13(9)16-6-4-3-5-14/h3-4,7-8,16H,2,5-6,14-15H2,1H3/b4-3+. The Hall–Kier alpha value is -2.34. The molecule has 6 heteroatoms. The van der Waals surface area contributed by atoms with E-state index in [1.54, 1.807) is 19.1 Å². The van der Waals surface area contributed by atoms with Gasteiger partial charge in [-0.1, -0.05) is 18.7 Å². The van der Waals surface area contributed by atoms with Gasteiger partial charge >= 0.3 is 0 Å². The molecule has 0 saturated carbocycles. The fourth-order valence-electron chi connectivity index (χ4n) is 1.67. The quantitative estimate of drug-likeness (QED) is 0.411. The maximum atomic E-state index is 11.1. The van der Waals surface area contributed by atoms with Crippen molar-refractivity contribution in [3.8, 4) is 0 Å². The number of hydrogen-bond acceptors (Lipinski definition) is 5. The van der Waals surface area contributed by atoms with E-state index < -0.39 is 4.92 Å². The summed E-state index contributed by atoms with van der Waals surface area (Å²) in [5.74, 6) is 0. The largest absolute Gasteiger partial charge is 0.399 e. The Morgan fingerprint density at radius 3 is 2.74 bits per heavy atom. The summed E-state index contributed by atoms with van der Waals surface area (Å²) in [5.41, 5.74) is 13.0. The first-order valence-corrected chi connectivity index (χ1v) is 5.80. The number of benzene rings is 1. The van der Waals surface area contributed by atoms with Crippen LogP contribution in [0.25, 0.3) is 5.70 Å². The molecule has 0 aliphatic rings. The minimum Gasteiger partial charge on any atom is -0.399 e. The van der Waals surface area contributed by atoms with Gasteiger partial charge in [-0.25, -0.2) is 0 Å². The normalized spacial score (nSPS) is 10.6. The first-order valence-electron chi connectivity index (χ1n) is 5.80. The van der Waals surface area contributed by atoms with Crippen LogP contribution in [-0.4, -0.2) is 18.0 Å². The molecule has 0 radical (unpaired) electrons. The maximum Gasteiger partial charge on any atom is 0.293 e. The molecule has 0 aliphatic heterocycles. The third-order valence-corrected chi connectivity index (χ3v) is 2.58. The van der Waals surface area contributed by atoms with E-state index in [4.69, 9.17) is 11.5 Å². The lowest BCUT2D eigenvalue weighted by molar-refractivity contribution is -0.384. The minimum absolute atomic E-state index is 0.0113. The molecule has 0 amide bonds. The summed E-state index contributed by atoms with van der Waals surface area (Å²) in [5, 5.41) is 14.1. The van der Waals surface area contributed by atoms with Crippen LogP contribution in [0.3, 0.4) is 0 Å². The van der Waals surface area contributed by atoms with E-state index in [0.29, 0.717) is 30.0 Å². The molecular weight excluding hydrogens is 244 g/mol. The van der Waals surface area contributed by atoms with E-state index in [9.17, 15) is 10.1 Å². The summed E-state index contributed by atoms with van der Waals surface area (Å²) >= 11 is 0. The Morgan fingerprint density at radius 2 is 2.21 bits per heavy atom. The van der Waals surface area contributed by atoms with Gasteiger partial charge in [0.2, 0.25) is 0 Å². The van der Waals surface area contributed by atoms with Gasteiger partial charge in [-0.3, -0.25) is 10.1 Å². The summed E-state index contributed by atoms with van der Waals surface area (Å²) in [6.45, 7) is 6.29. The zero-order valence-corrected chi connectivity index (χ0v) is 10.8. The van der Waals surface area contributed by atoms with Crippen molar-refractivity contribution in [2.45, 2.75) is 6.92 Å². The van der Waals surface area contributed by atoms with Crippen LogP contribution in [-0.2, 0) is 0 Å². The molecule has 1 aromatic carbocycles. The van der Waals surface area contributed by atoms with Crippen molar-refractivity contribution in [3.05, 3.63) is 52.1 Å². The molecule has 0 unspecified atom stereocenters. The van der Waals surface area contributed by atoms with Crippen LogP contribution in [0.1, 0.15) is 11.1 Å². The topological polar surface area (TPSA) is 107 Å². The molecular formula is C13H18N4O2. The van der Waals surface area contributed by atoms with Gasteiger partial charge in [0.1, 0.15) is 5.69 Å². The van der Waals surface area contributed by atoms with E-state index in [2.05, 4.69) is 11.9 Å². The zero-order chi connectivity index (χ0) is 14.4. The monoisotopic (exact) mass is 262 g/mol. The summed E-state index contributed by atoms with van der Waals surface area (Å²) in [6.07, 6.45) is 3.60. The molecule has 0 spiro atoms. The van der Waals surface area contributed by atoms with Crippen molar-refractivity contribution in [1.82, 2.24) is 0 Å². The van der Waals surface area contributed by atoms with Gasteiger partial charge in [-0.15, -0.1) is 0 Å². The zero-order valence-electron chi connectivity index (χ0n) is 10.8. The van der Waals surface area contributed by atoms with Gasteiger partial charge in [-0.05, 0) is 18.6 Å². The van der Waals surface area contributed by atoms with Crippen molar-refractivity contribution in [2.75, 3.05) is 18.4 Å². The highest BCUT2D eigenvalue weighted by molar-refractivity contribution is 5.74. The minimum atomic E-state index is -0.436. The van der Waals surface area contributed by atoms with Gasteiger partial charge in [0.15, 0.2) is 0 Å². The van der Waals surface area contributed by atoms with Crippen molar-refractivity contribution in [3.63, 3.8) is 0 Å². The summed E-state index contributed by atoms with van der Waals surface area (Å²) in [6, 6.07) is 3.19. The molecule has 19 heavy (non-hydrogen) atoms. The van der Waals surface area contributed by atoms with Crippen LogP contribution in [0.4, 0.5) is 11.4 Å².